The van der Waals surface area contributed by atoms with Gasteiger partial charge < -0.3 is 0 Å². The van der Waals surface area contributed by atoms with Gasteiger partial charge in [0.05, 0.1) is 0 Å². The van der Waals surface area contributed by atoms with Gasteiger partial charge in [0.2, 0.25) is 5.91 Å². The van der Waals surface area contributed by atoms with Crippen molar-refractivity contribution in [1.29, 1.82) is 0 Å². The molecule has 0 aliphatic heterocycles. The molecule has 18 heavy (non-hydrogen) atoms. The van der Waals surface area contributed by atoms with Crippen molar-refractivity contribution >= 4 is 28.5 Å². The summed E-state index contributed by atoms with van der Waals surface area (Å²) in [5.41, 5.74) is -1.13. The summed E-state index contributed by atoms with van der Waals surface area (Å²) >= 11 is 4.15. The minimum Gasteiger partial charge on any atom is -0.273 e. The number of alkyl halides is 5. The van der Waals surface area contributed by atoms with Crippen LogP contribution in [0.25, 0.3) is 0 Å². The molecule has 108 valence electrons. The molecule has 1 N–H and O–H groups in total. The Hall–Kier alpha value is -0.370. The van der Waals surface area contributed by atoms with E-state index in [2.05, 4.69) is 11.6 Å². The Kier molecular flexibility index (Phi) is 5.21. The highest BCUT2D eigenvalue weighted by Crippen LogP contribution is 2.40. The summed E-state index contributed by atoms with van der Waals surface area (Å²) in [6.45, 7) is 6.11. The molecule has 0 rings (SSSR count). The van der Waals surface area contributed by atoms with Crippen molar-refractivity contribution in [3.8, 4) is 0 Å². The quantitative estimate of drug-likeness (QED) is 0.627. The first-order chi connectivity index (χ1) is 7.74. The largest absolute Gasteiger partial charge is 0.415 e. The van der Waals surface area contributed by atoms with Crippen molar-refractivity contribution in [1.82, 2.24) is 4.72 Å². The maximum atomic E-state index is 12.9. The highest BCUT2D eigenvalue weighted by Gasteiger charge is 2.61. The molecule has 1 amide bonds. The molecule has 1 unspecified atom stereocenters. The van der Waals surface area contributed by atoms with Crippen molar-refractivity contribution in [3.05, 3.63) is 0 Å². The Morgan fingerprint density at radius 1 is 1.22 bits per heavy atom. The molecule has 0 heterocycles. The molecule has 0 bridgehead atoms. The summed E-state index contributed by atoms with van der Waals surface area (Å²) in [5, 5.41) is -10.1. The Labute approximate surface area is 110 Å². The van der Waals surface area contributed by atoms with E-state index >= 15 is 0 Å². The van der Waals surface area contributed by atoms with Gasteiger partial charge in [-0.05, 0) is 17.5 Å². The van der Waals surface area contributed by atoms with Gasteiger partial charge in [-0.15, -0.1) is 0 Å². The zero-order valence-corrected chi connectivity index (χ0v) is 11.8. The van der Waals surface area contributed by atoms with Crippen LogP contribution < -0.4 is 4.72 Å². The molecule has 9 heteroatoms. The van der Waals surface area contributed by atoms with Gasteiger partial charge in [-0.2, -0.15) is 17.6 Å². The van der Waals surface area contributed by atoms with Crippen LogP contribution in [-0.4, -0.2) is 20.8 Å². The fraction of sp³-hybridized carbons (Fsp3) is 0.889. The lowest BCUT2D eigenvalue weighted by molar-refractivity contribution is -0.130. The van der Waals surface area contributed by atoms with Gasteiger partial charge in [0.25, 0.3) is 0 Å². The number of carbonyl (C=O) groups is 1. The lowest BCUT2D eigenvalue weighted by Gasteiger charge is -2.28. The Morgan fingerprint density at radius 3 is 1.89 bits per heavy atom. The van der Waals surface area contributed by atoms with E-state index in [-0.39, 0.29) is 5.92 Å². The molecule has 0 saturated carbocycles. The molecule has 0 saturated heterocycles. The molecule has 0 fully saturated rings. The van der Waals surface area contributed by atoms with Gasteiger partial charge in [-0.3, -0.25) is 9.52 Å². The number of rotatable bonds is 5. The molecular weight excluding hydrogens is 298 g/mol. The van der Waals surface area contributed by atoms with Crippen molar-refractivity contribution in [2.75, 3.05) is 0 Å². The van der Waals surface area contributed by atoms with Crippen LogP contribution in [-0.2, 0) is 15.8 Å². The van der Waals surface area contributed by atoms with Crippen LogP contribution in [0, 0.1) is 11.3 Å². The minimum absolute atomic E-state index is 0.264. The van der Waals surface area contributed by atoms with Crippen LogP contribution in [0.5, 0.6) is 0 Å². The van der Waals surface area contributed by atoms with Crippen molar-refractivity contribution < 1.29 is 26.6 Å². The van der Waals surface area contributed by atoms with E-state index in [1.807, 2.05) is 0 Å². The first-order valence-electron chi connectivity index (χ1n) is 4.92. The van der Waals surface area contributed by atoms with Gasteiger partial charge >= 0.3 is 10.6 Å². The standard InChI is InChI=1S/C9H14ClF4NO2S/c1-5(2)7(3,4)6(16)15-18(17)9(13,14)8(10,11)12/h5H,1-4H3,(H,15,16). The topological polar surface area (TPSA) is 46.2 Å². The van der Waals surface area contributed by atoms with Crippen LogP contribution >= 0.6 is 11.6 Å². The number of nitrogens with one attached hydrogen (secondary N) is 1. The van der Waals surface area contributed by atoms with Crippen molar-refractivity contribution in [2.45, 2.75) is 38.3 Å². The highest BCUT2D eigenvalue weighted by molar-refractivity contribution is 7.84. The van der Waals surface area contributed by atoms with Crippen molar-refractivity contribution in [3.63, 3.8) is 0 Å². The summed E-state index contributed by atoms with van der Waals surface area (Å²) in [6.07, 6.45) is 0. The van der Waals surface area contributed by atoms with Crippen LogP contribution in [0.4, 0.5) is 17.6 Å². The van der Waals surface area contributed by atoms with E-state index in [0.29, 0.717) is 0 Å². The molecule has 0 radical (unpaired) electrons. The van der Waals surface area contributed by atoms with Gasteiger partial charge in [-0.1, -0.05) is 27.7 Å². The van der Waals surface area contributed by atoms with E-state index in [1.54, 1.807) is 13.8 Å². The second kappa shape index (κ2) is 5.32. The SMILES string of the molecule is CC(C)C(C)(C)C(=O)NS(=O)C(F)(F)C(F)(F)Cl. The van der Waals surface area contributed by atoms with Gasteiger partial charge in [0.1, 0.15) is 0 Å². The van der Waals surface area contributed by atoms with Crippen molar-refractivity contribution in [2.24, 2.45) is 11.3 Å². The minimum atomic E-state index is -5.04. The Balaban J connectivity index is 4.96. The third-order valence-electron chi connectivity index (χ3n) is 2.78. The maximum Gasteiger partial charge on any atom is 0.415 e. The van der Waals surface area contributed by atoms with Crippen LogP contribution in [0.2, 0.25) is 0 Å². The second-order valence-corrected chi connectivity index (χ2v) is 6.32. The third kappa shape index (κ3) is 3.57. The molecule has 0 aromatic rings. The van der Waals surface area contributed by atoms with Crippen LogP contribution in [0.1, 0.15) is 27.7 Å². The number of carbonyl (C=O) groups excluding carboxylic acids is 1. The predicted octanol–water partition coefficient (Wildman–Crippen LogP) is 2.87. The average molecular weight is 312 g/mol. The molecular formula is C9H14ClF4NO2S. The molecule has 0 aliphatic carbocycles. The van der Waals surface area contributed by atoms with E-state index in [9.17, 15) is 26.6 Å². The summed E-state index contributed by atoms with van der Waals surface area (Å²) in [5.74, 6) is -1.28. The van der Waals surface area contributed by atoms with E-state index in [4.69, 9.17) is 0 Å². The third-order valence-corrected chi connectivity index (χ3v) is 4.22. The van der Waals surface area contributed by atoms with Crippen LogP contribution in [0.15, 0.2) is 0 Å². The summed E-state index contributed by atoms with van der Waals surface area (Å²) in [4.78, 5) is 11.6. The smallest absolute Gasteiger partial charge is 0.273 e. The lowest BCUT2D eigenvalue weighted by atomic mass is 9.81. The summed E-state index contributed by atoms with van der Waals surface area (Å²) < 4.78 is 62.8. The first kappa shape index (κ1) is 17.6. The molecule has 0 spiro atoms. The zero-order valence-electron chi connectivity index (χ0n) is 10.2. The summed E-state index contributed by atoms with van der Waals surface area (Å²) in [7, 11) is -3.61. The van der Waals surface area contributed by atoms with E-state index in [1.165, 1.54) is 18.6 Å². The fourth-order valence-electron chi connectivity index (χ4n) is 0.647. The van der Waals surface area contributed by atoms with E-state index < -0.39 is 32.9 Å². The van der Waals surface area contributed by atoms with E-state index in [0.717, 1.165) is 0 Å². The monoisotopic (exact) mass is 311 g/mol. The van der Waals surface area contributed by atoms with Gasteiger partial charge in [-0.25, -0.2) is 4.21 Å². The number of halogens is 5. The van der Waals surface area contributed by atoms with Gasteiger partial charge in [0, 0.05) is 5.41 Å². The lowest BCUT2D eigenvalue weighted by Crippen LogP contribution is -2.50. The molecule has 1 atom stereocenters. The summed E-state index contributed by atoms with van der Waals surface area (Å²) in [6, 6.07) is 0. The Bertz CT molecular complexity index is 355. The first-order valence-corrected chi connectivity index (χ1v) is 6.45. The highest BCUT2D eigenvalue weighted by atomic mass is 35.5. The van der Waals surface area contributed by atoms with Gasteiger partial charge in [0.15, 0.2) is 11.0 Å². The fourth-order valence-corrected chi connectivity index (χ4v) is 1.63. The zero-order chi connectivity index (χ0) is 14.9. The number of hydrogen-bond donors (Lipinski definition) is 1. The normalized spacial score (nSPS) is 15.7. The molecule has 0 aromatic carbocycles. The molecule has 0 aliphatic rings. The molecule has 0 aromatic heterocycles. The Morgan fingerprint density at radius 2 is 1.61 bits per heavy atom. The molecule has 3 nitrogen and oxygen atoms in total. The average Bonchev–Trinajstić information content (AvgIpc) is 2.15. The number of amides is 1. The number of hydrogen-bond acceptors (Lipinski definition) is 2. The second-order valence-electron chi connectivity index (χ2n) is 4.59. The van der Waals surface area contributed by atoms with Crippen LogP contribution in [0.3, 0.4) is 0 Å². The predicted molar refractivity (Wildman–Crippen MR) is 60.7 cm³/mol. The maximum absolute atomic E-state index is 12.9.